The number of aromatic nitrogens is 1. The number of hydrogen-bond acceptors (Lipinski definition) is 9. The summed E-state index contributed by atoms with van der Waals surface area (Å²) in [5, 5.41) is 27.6. The van der Waals surface area contributed by atoms with Gasteiger partial charge in [0.15, 0.2) is 11.6 Å². The first-order valence-electron chi connectivity index (χ1n) is 14.4. The van der Waals surface area contributed by atoms with E-state index in [0.717, 1.165) is 19.3 Å². The zero-order valence-electron chi connectivity index (χ0n) is 23.9. The van der Waals surface area contributed by atoms with Crippen molar-refractivity contribution in [3.05, 3.63) is 18.3 Å². The van der Waals surface area contributed by atoms with Crippen LogP contribution >= 0.6 is 0 Å². The van der Waals surface area contributed by atoms with Gasteiger partial charge < -0.3 is 30.1 Å². The summed E-state index contributed by atoms with van der Waals surface area (Å²) in [7, 11) is 1.27. The molecule has 4 heterocycles. The molecule has 6 rings (SSSR count). The van der Waals surface area contributed by atoms with E-state index in [1.165, 1.54) is 12.0 Å². The molecular weight excluding hydrogens is 528 g/mol. The maximum absolute atomic E-state index is 14.6. The third-order valence-corrected chi connectivity index (χ3v) is 10.1. The number of fused-ring (bicyclic) bond motifs is 6. The number of ether oxygens (including phenoxy) is 2. The lowest BCUT2D eigenvalue weighted by Crippen LogP contribution is -2.62. The normalized spacial score (nSPS) is 35.2. The Kier molecular flexibility index (Phi) is 6.65. The van der Waals surface area contributed by atoms with E-state index in [1.54, 1.807) is 18.3 Å². The SMILES string of the molecule is COC(=O)N[C@H](C(O)N1C[C@@H]2[C@@H]3CC[C@@H](C3)[C@@H]2[C@H]1C(=O)N1C[C@@]2(C[C@H]1C#N)Oc1cccnc1NC2=O)C(C)(C)C. The Bertz CT molecular complexity index is 1290. The molecule has 4 fully saturated rings. The average Bonchev–Trinajstić information content (AvgIpc) is 3.71. The van der Waals surface area contributed by atoms with Crippen molar-refractivity contribution >= 4 is 23.7 Å². The summed E-state index contributed by atoms with van der Waals surface area (Å²) in [6, 6.07) is 3.33. The molecule has 2 bridgehead atoms. The Morgan fingerprint density at radius 1 is 1.34 bits per heavy atom. The third kappa shape index (κ3) is 4.41. The molecule has 0 aromatic carbocycles. The van der Waals surface area contributed by atoms with Crippen molar-refractivity contribution in [1.82, 2.24) is 20.1 Å². The molecular formula is C29H38N6O6. The highest BCUT2D eigenvalue weighted by Crippen LogP contribution is 2.58. The highest BCUT2D eigenvalue weighted by Gasteiger charge is 2.63. The number of methoxy groups -OCH3 is 1. The predicted molar refractivity (Wildman–Crippen MR) is 145 cm³/mol. The van der Waals surface area contributed by atoms with Crippen LogP contribution in [0.2, 0.25) is 0 Å². The van der Waals surface area contributed by atoms with Crippen LogP contribution in [0.4, 0.5) is 10.6 Å². The standard InChI is InChI=1S/C29H38N6O6/c1-28(2,3)22(32-27(39)40-4)25(37)34-13-18-15-7-8-16(10-15)20(18)21(34)24(36)35-14-29(11-17(35)12-30)26(38)33-23-19(41-29)6-5-9-31-23/h5-6,9,15-18,20-22,25,37H,7-8,10-11,13-14H2,1-4H3,(H,32,39)(H,31,33,38)/t15-,16+,17+,18-,20+,21+,22-,25?,29-/m1/s1. The summed E-state index contributed by atoms with van der Waals surface area (Å²) >= 11 is 0. The highest BCUT2D eigenvalue weighted by atomic mass is 16.5. The van der Waals surface area contributed by atoms with E-state index in [-0.39, 0.29) is 30.7 Å². The maximum Gasteiger partial charge on any atom is 0.407 e. The van der Waals surface area contributed by atoms with E-state index >= 15 is 0 Å². The lowest BCUT2D eigenvalue weighted by Gasteiger charge is -2.42. The lowest BCUT2D eigenvalue weighted by molar-refractivity contribution is -0.146. The van der Waals surface area contributed by atoms with Crippen LogP contribution in [0.25, 0.3) is 0 Å². The molecule has 12 nitrogen and oxygen atoms in total. The molecule has 2 saturated heterocycles. The predicted octanol–water partition coefficient (Wildman–Crippen LogP) is 1.71. The largest absolute Gasteiger partial charge is 0.472 e. The van der Waals surface area contributed by atoms with Crippen molar-refractivity contribution in [3.63, 3.8) is 0 Å². The summed E-state index contributed by atoms with van der Waals surface area (Å²) in [5.74, 6) is 1.07. The molecule has 1 spiro atoms. The molecule has 41 heavy (non-hydrogen) atoms. The van der Waals surface area contributed by atoms with Crippen LogP contribution in [0.1, 0.15) is 46.5 Å². The molecule has 3 N–H and O–H groups in total. The fraction of sp³-hybridized carbons (Fsp3) is 0.690. The van der Waals surface area contributed by atoms with E-state index in [4.69, 9.17) is 9.47 Å². The van der Waals surface area contributed by atoms with E-state index in [9.17, 15) is 24.8 Å². The van der Waals surface area contributed by atoms with Gasteiger partial charge in [-0.05, 0) is 60.5 Å². The molecule has 9 atom stereocenters. The molecule has 2 aliphatic carbocycles. The van der Waals surface area contributed by atoms with E-state index in [1.807, 2.05) is 25.7 Å². The van der Waals surface area contributed by atoms with Crippen LogP contribution in [-0.4, -0.2) is 88.0 Å². The Balaban J connectivity index is 1.33. The topological polar surface area (TPSA) is 157 Å². The van der Waals surface area contributed by atoms with Crippen LogP contribution in [0.3, 0.4) is 0 Å². The number of nitrogens with one attached hydrogen (secondary N) is 2. The number of alkyl carbamates (subject to hydrolysis) is 1. The van der Waals surface area contributed by atoms with Crippen molar-refractivity contribution in [3.8, 4) is 11.8 Å². The second-order valence-corrected chi connectivity index (χ2v) is 13.3. The molecule has 1 aromatic rings. The Morgan fingerprint density at radius 3 is 2.80 bits per heavy atom. The van der Waals surface area contributed by atoms with Crippen LogP contribution in [0, 0.1) is 40.4 Å². The number of pyridine rings is 1. The molecule has 2 saturated carbocycles. The van der Waals surface area contributed by atoms with Crippen LogP contribution in [-0.2, 0) is 14.3 Å². The fourth-order valence-electron chi connectivity index (χ4n) is 8.16. The van der Waals surface area contributed by atoms with Gasteiger partial charge in [0.1, 0.15) is 12.3 Å². The smallest absolute Gasteiger partial charge is 0.407 e. The number of carbonyl (C=O) groups excluding carboxylic acids is 3. The summed E-state index contributed by atoms with van der Waals surface area (Å²) in [6.45, 7) is 6.17. The van der Waals surface area contributed by atoms with Crippen molar-refractivity contribution in [2.75, 3.05) is 25.5 Å². The molecule has 1 aromatic heterocycles. The highest BCUT2D eigenvalue weighted by molar-refractivity contribution is 6.01. The van der Waals surface area contributed by atoms with Gasteiger partial charge in [0.2, 0.25) is 11.5 Å². The summed E-state index contributed by atoms with van der Waals surface area (Å²) in [5.41, 5.74) is -1.97. The van der Waals surface area contributed by atoms with Crippen LogP contribution in [0.5, 0.6) is 5.75 Å². The van der Waals surface area contributed by atoms with Crippen LogP contribution < -0.4 is 15.4 Å². The maximum atomic E-state index is 14.6. The zero-order valence-corrected chi connectivity index (χ0v) is 23.9. The number of anilines is 1. The number of nitriles is 1. The van der Waals surface area contributed by atoms with Gasteiger partial charge in [-0.3, -0.25) is 14.5 Å². The van der Waals surface area contributed by atoms with Crippen molar-refractivity contribution < 1.29 is 29.0 Å². The monoisotopic (exact) mass is 566 g/mol. The number of aliphatic hydroxyl groups is 1. The first kappa shape index (κ1) is 27.7. The van der Waals surface area contributed by atoms with Gasteiger partial charge in [0.05, 0.1) is 31.8 Å². The number of aliphatic hydroxyl groups excluding tert-OH is 1. The number of likely N-dealkylation sites (tertiary alicyclic amines) is 2. The minimum absolute atomic E-state index is 0.0246. The van der Waals surface area contributed by atoms with E-state index < -0.39 is 47.4 Å². The average molecular weight is 567 g/mol. The van der Waals surface area contributed by atoms with Crippen molar-refractivity contribution in [2.24, 2.45) is 29.1 Å². The number of amides is 3. The fourth-order valence-corrected chi connectivity index (χ4v) is 8.16. The van der Waals surface area contributed by atoms with Gasteiger partial charge in [-0.25, -0.2) is 9.78 Å². The first-order valence-corrected chi connectivity index (χ1v) is 14.4. The van der Waals surface area contributed by atoms with Crippen molar-refractivity contribution in [1.29, 1.82) is 5.26 Å². The van der Waals surface area contributed by atoms with Gasteiger partial charge in [0.25, 0.3) is 5.91 Å². The van der Waals surface area contributed by atoms with Crippen molar-refractivity contribution in [2.45, 2.75) is 76.4 Å². The first-order chi connectivity index (χ1) is 19.5. The number of carbonyl (C=O) groups is 3. The molecule has 12 heteroatoms. The van der Waals surface area contributed by atoms with Gasteiger partial charge in [-0.2, -0.15) is 5.26 Å². The van der Waals surface area contributed by atoms with Crippen LogP contribution in [0.15, 0.2) is 18.3 Å². The second-order valence-electron chi connectivity index (χ2n) is 13.3. The quantitative estimate of drug-likeness (QED) is 0.494. The number of hydrogen-bond donors (Lipinski definition) is 3. The Morgan fingerprint density at radius 2 is 2.10 bits per heavy atom. The van der Waals surface area contributed by atoms with Gasteiger partial charge in [0, 0.05) is 19.2 Å². The van der Waals surface area contributed by atoms with Gasteiger partial charge in [-0.15, -0.1) is 0 Å². The molecule has 3 amide bonds. The Hall–Kier alpha value is -3.43. The molecule has 220 valence electrons. The van der Waals surface area contributed by atoms with E-state index in [0.29, 0.717) is 29.9 Å². The second kappa shape index (κ2) is 9.84. The number of nitrogens with zero attached hydrogens (tertiary/aromatic N) is 4. The number of rotatable bonds is 4. The Labute approximate surface area is 239 Å². The minimum atomic E-state index is -1.41. The molecule has 0 radical (unpaired) electrons. The van der Waals surface area contributed by atoms with E-state index in [2.05, 4.69) is 21.7 Å². The minimum Gasteiger partial charge on any atom is -0.472 e. The molecule has 1 unspecified atom stereocenters. The lowest BCUT2D eigenvalue weighted by atomic mass is 9.78. The summed E-state index contributed by atoms with van der Waals surface area (Å²) in [6.07, 6.45) is 2.95. The summed E-state index contributed by atoms with van der Waals surface area (Å²) in [4.78, 5) is 47.6. The van der Waals surface area contributed by atoms with Gasteiger partial charge >= 0.3 is 6.09 Å². The van der Waals surface area contributed by atoms with Gasteiger partial charge in [-0.1, -0.05) is 20.8 Å². The zero-order chi connectivity index (χ0) is 29.3. The molecule has 5 aliphatic rings. The molecule has 3 aliphatic heterocycles. The summed E-state index contributed by atoms with van der Waals surface area (Å²) < 4.78 is 11.0. The third-order valence-electron chi connectivity index (χ3n) is 10.1.